The van der Waals surface area contributed by atoms with Crippen molar-refractivity contribution in [2.75, 3.05) is 7.05 Å². The van der Waals surface area contributed by atoms with Gasteiger partial charge in [0.15, 0.2) is 5.16 Å². The highest BCUT2D eigenvalue weighted by molar-refractivity contribution is 8.00. The van der Waals surface area contributed by atoms with Gasteiger partial charge in [-0.15, -0.1) is 16.8 Å². The molecule has 1 aromatic heterocycles. The van der Waals surface area contributed by atoms with E-state index in [4.69, 9.17) is 0 Å². The number of amides is 1. The van der Waals surface area contributed by atoms with Crippen LogP contribution in [0.5, 0.6) is 0 Å². The predicted octanol–water partition coefficient (Wildman–Crippen LogP) is 1.72. The molecule has 0 bridgehead atoms. The summed E-state index contributed by atoms with van der Waals surface area (Å²) < 4.78 is 1.99. The van der Waals surface area contributed by atoms with E-state index in [2.05, 4.69) is 27.4 Å². The molecule has 0 aliphatic heterocycles. The first-order valence-corrected chi connectivity index (χ1v) is 8.68. The summed E-state index contributed by atoms with van der Waals surface area (Å²) in [6.07, 6.45) is 6.45. The van der Waals surface area contributed by atoms with Crippen molar-refractivity contribution in [1.29, 1.82) is 0 Å². The third-order valence-corrected chi connectivity index (χ3v) is 4.87. The average Bonchev–Trinajstić information content (AvgIpc) is 3.12. The summed E-state index contributed by atoms with van der Waals surface area (Å²) in [6, 6.07) is 0.349. The lowest BCUT2D eigenvalue weighted by molar-refractivity contribution is -0.120. The Hall–Kier alpha value is -1.34. The summed E-state index contributed by atoms with van der Waals surface area (Å²) in [5.74, 6) is 0.938. The SMILES string of the molecule is C=CCn1c(CNC)nnc1SC(C)C(=O)NC1CCCC1. The number of hydrogen-bond acceptors (Lipinski definition) is 5. The van der Waals surface area contributed by atoms with Gasteiger partial charge in [0.25, 0.3) is 0 Å². The van der Waals surface area contributed by atoms with Gasteiger partial charge < -0.3 is 15.2 Å². The van der Waals surface area contributed by atoms with E-state index in [1.807, 2.05) is 24.6 Å². The first kappa shape index (κ1) is 17.0. The van der Waals surface area contributed by atoms with Gasteiger partial charge in [-0.2, -0.15) is 0 Å². The molecule has 6 nitrogen and oxygen atoms in total. The molecule has 1 heterocycles. The van der Waals surface area contributed by atoms with Gasteiger partial charge in [-0.1, -0.05) is 30.7 Å². The maximum Gasteiger partial charge on any atom is 0.233 e. The monoisotopic (exact) mass is 323 g/mol. The molecule has 1 fully saturated rings. The molecule has 1 amide bonds. The van der Waals surface area contributed by atoms with E-state index in [1.165, 1.54) is 24.6 Å². The van der Waals surface area contributed by atoms with Crippen molar-refractivity contribution >= 4 is 17.7 Å². The largest absolute Gasteiger partial charge is 0.352 e. The zero-order valence-corrected chi connectivity index (χ0v) is 14.2. The van der Waals surface area contributed by atoms with Crippen LogP contribution in [0.25, 0.3) is 0 Å². The molecular formula is C15H25N5OS. The molecule has 1 aliphatic rings. The molecule has 1 unspecified atom stereocenters. The highest BCUT2D eigenvalue weighted by atomic mass is 32.2. The Morgan fingerprint density at radius 2 is 2.23 bits per heavy atom. The van der Waals surface area contributed by atoms with E-state index in [1.54, 1.807) is 0 Å². The molecule has 0 radical (unpaired) electrons. The van der Waals surface area contributed by atoms with Crippen LogP contribution in [0.4, 0.5) is 0 Å². The summed E-state index contributed by atoms with van der Waals surface area (Å²) in [6.45, 7) is 6.98. The van der Waals surface area contributed by atoms with E-state index in [0.717, 1.165) is 23.8 Å². The Labute approximate surface area is 136 Å². The van der Waals surface area contributed by atoms with Crippen LogP contribution in [-0.2, 0) is 17.9 Å². The smallest absolute Gasteiger partial charge is 0.233 e. The lowest BCUT2D eigenvalue weighted by atomic mass is 10.2. The maximum atomic E-state index is 12.3. The van der Waals surface area contributed by atoms with Crippen LogP contribution in [-0.4, -0.2) is 39.0 Å². The van der Waals surface area contributed by atoms with Crippen LogP contribution in [0, 0.1) is 0 Å². The number of aromatic nitrogens is 3. The van der Waals surface area contributed by atoms with Gasteiger partial charge in [-0.3, -0.25) is 4.79 Å². The minimum atomic E-state index is -0.184. The molecule has 1 aliphatic carbocycles. The van der Waals surface area contributed by atoms with E-state index in [9.17, 15) is 4.79 Å². The number of nitrogens with one attached hydrogen (secondary N) is 2. The lowest BCUT2D eigenvalue weighted by Crippen LogP contribution is -2.37. The predicted molar refractivity (Wildman–Crippen MR) is 88.7 cm³/mol. The maximum absolute atomic E-state index is 12.3. The number of allylic oxidation sites excluding steroid dienone is 1. The molecule has 2 N–H and O–H groups in total. The third-order valence-electron chi connectivity index (χ3n) is 3.79. The summed E-state index contributed by atoms with van der Waals surface area (Å²) >= 11 is 1.45. The number of carbonyl (C=O) groups excluding carboxylic acids is 1. The van der Waals surface area contributed by atoms with Crippen molar-refractivity contribution < 1.29 is 4.79 Å². The quantitative estimate of drug-likeness (QED) is 0.563. The molecule has 2 rings (SSSR count). The Morgan fingerprint density at radius 1 is 1.50 bits per heavy atom. The third kappa shape index (κ3) is 4.33. The number of hydrogen-bond donors (Lipinski definition) is 2. The second-order valence-electron chi connectivity index (χ2n) is 5.58. The van der Waals surface area contributed by atoms with Crippen molar-refractivity contribution in [2.24, 2.45) is 0 Å². The highest BCUT2D eigenvalue weighted by Gasteiger charge is 2.23. The van der Waals surface area contributed by atoms with Gasteiger partial charge in [0.2, 0.25) is 5.91 Å². The van der Waals surface area contributed by atoms with Gasteiger partial charge in [-0.05, 0) is 26.8 Å². The van der Waals surface area contributed by atoms with Crippen LogP contribution in [0.1, 0.15) is 38.4 Å². The molecular weight excluding hydrogens is 298 g/mol. The van der Waals surface area contributed by atoms with Crippen molar-refractivity contribution in [3.8, 4) is 0 Å². The van der Waals surface area contributed by atoms with Crippen molar-refractivity contribution in [3.63, 3.8) is 0 Å². The van der Waals surface area contributed by atoms with E-state index in [-0.39, 0.29) is 11.2 Å². The number of nitrogens with zero attached hydrogens (tertiary/aromatic N) is 3. The highest BCUT2D eigenvalue weighted by Crippen LogP contribution is 2.24. The molecule has 0 saturated heterocycles. The van der Waals surface area contributed by atoms with E-state index >= 15 is 0 Å². The van der Waals surface area contributed by atoms with Crippen molar-refractivity contribution in [1.82, 2.24) is 25.4 Å². The standard InChI is InChI=1S/C15H25N5OS/c1-4-9-20-13(10-16-3)18-19-15(20)22-11(2)14(21)17-12-7-5-6-8-12/h4,11-12,16H,1,5-10H2,2-3H3,(H,17,21). The Kier molecular flexibility index (Phi) is 6.45. The molecule has 0 spiro atoms. The van der Waals surface area contributed by atoms with Gasteiger partial charge in [0.05, 0.1) is 11.8 Å². The number of thioether (sulfide) groups is 1. The zero-order valence-electron chi connectivity index (χ0n) is 13.3. The first-order valence-electron chi connectivity index (χ1n) is 7.80. The van der Waals surface area contributed by atoms with Crippen LogP contribution in [0.3, 0.4) is 0 Å². The second-order valence-corrected chi connectivity index (χ2v) is 6.89. The van der Waals surface area contributed by atoms with Crippen LogP contribution in [0.15, 0.2) is 17.8 Å². The van der Waals surface area contributed by atoms with Crippen molar-refractivity contribution in [2.45, 2.75) is 62.1 Å². The topological polar surface area (TPSA) is 71.8 Å². The Bertz CT molecular complexity index is 510. The van der Waals surface area contributed by atoms with E-state index < -0.39 is 0 Å². The van der Waals surface area contributed by atoms with Crippen molar-refractivity contribution in [3.05, 3.63) is 18.5 Å². The fraction of sp³-hybridized carbons (Fsp3) is 0.667. The summed E-state index contributed by atoms with van der Waals surface area (Å²) in [5.41, 5.74) is 0. The summed E-state index contributed by atoms with van der Waals surface area (Å²) in [7, 11) is 1.87. The Morgan fingerprint density at radius 3 is 2.86 bits per heavy atom. The fourth-order valence-corrected chi connectivity index (χ4v) is 3.49. The molecule has 122 valence electrons. The number of rotatable bonds is 8. The second kappa shape index (κ2) is 8.33. The fourth-order valence-electron chi connectivity index (χ4n) is 2.61. The van der Waals surface area contributed by atoms with Gasteiger partial charge >= 0.3 is 0 Å². The number of carbonyl (C=O) groups is 1. The summed E-state index contributed by atoms with van der Waals surface area (Å²) in [5, 5.41) is 15.2. The lowest BCUT2D eigenvalue weighted by Gasteiger charge is -2.16. The minimum absolute atomic E-state index is 0.0835. The van der Waals surface area contributed by atoms with Crippen LogP contribution < -0.4 is 10.6 Å². The van der Waals surface area contributed by atoms with Gasteiger partial charge in [0.1, 0.15) is 5.82 Å². The first-order chi connectivity index (χ1) is 10.7. The Balaban J connectivity index is 1.98. The molecule has 1 saturated carbocycles. The van der Waals surface area contributed by atoms with Gasteiger partial charge in [0, 0.05) is 12.6 Å². The molecule has 7 heteroatoms. The molecule has 1 atom stereocenters. The van der Waals surface area contributed by atoms with Crippen LogP contribution in [0.2, 0.25) is 0 Å². The molecule has 22 heavy (non-hydrogen) atoms. The summed E-state index contributed by atoms with van der Waals surface area (Å²) in [4.78, 5) is 12.3. The minimum Gasteiger partial charge on any atom is -0.352 e. The van der Waals surface area contributed by atoms with Crippen LogP contribution >= 0.6 is 11.8 Å². The van der Waals surface area contributed by atoms with Gasteiger partial charge in [-0.25, -0.2) is 0 Å². The molecule has 0 aromatic carbocycles. The average molecular weight is 323 g/mol. The normalized spacial score (nSPS) is 16.6. The zero-order chi connectivity index (χ0) is 15.9. The molecule has 1 aromatic rings. The van der Waals surface area contributed by atoms with E-state index in [0.29, 0.717) is 19.1 Å².